The average molecular weight is 322 g/mol. The summed E-state index contributed by atoms with van der Waals surface area (Å²) in [6.45, 7) is 0.101. The number of nitrogens with one attached hydrogen (secondary N) is 1. The molecule has 118 valence electrons. The van der Waals surface area contributed by atoms with Crippen molar-refractivity contribution >= 4 is 15.7 Å². The van der Waals surface area contributed by atoms with Crippen LogP contribution >= 0.6 is 0 Å². The number of methoxy groups -OCH3 is 2. The van der Waals surface area contributed by atoms with Gasteiger partial charge in [-0.3, -0.25) is 0 Å². The minimum absolute atomic E-state index is 0.101. The number of rotatable bonds is 6. The largest absolute Gasteiger partial charge is 0.497 e. The highest BCUT2D eigenvalue weighted by Gasteiger charge is 2.15. The van der Waals surface area contributed by atoms with Crippen molar-refractivity contribution in [3.63, 3.8) is 0 Å². The highest BCUT2D eigenvalue weighted by Crippen LogP contribution is 2.25. The van der Waals surface area contributed by atoms with Gasteiger partial charge in [0, 0.05) is 23.9 Å². The molecule has 0 aliphatic heterocycles. The molecule has 6 nitrogen and oxygen atoms in total. The minimum Gasteiger partial charge on any atom is -0.497 e. The summed E-state index contributed by atoms with van der Waals surface area (Å²) in [7, 11) is -0.567. The Balaban J connectivity index is 2.19. The molecule has 2 aromatic rings. The molecule has 0 atom stereocenters. The second-order valence-electron chi connectivity index (χ2n) is 4.57. The maximum absolute atomic E-state index is 12.2. The predicted octanol–water partition coefficient (Wildman–Crippen LogP) is 1.76. The van der Waals surface area contributed by atoms with E-state index in [4.69, 9.17) is 15.2 Å². The topological polar surface area (TPSA) is 90.7 Å². The van der Waals surface area contributed by atoms with Gasteiger partial charge in [0.15, 0.2) is 0 Å². The van der Waals surface area contributed by atoms with E-state index in [2.05, 4.69) is 4.72 Å². The Morgan fingerprint density at radius 1 is 1.09 bits per heavy atom. The summed E-state index contributed by atoms with van der Waals surface area (Å²) in [6, 6.07) is 11.3. The quantitative estimate of drug-likeness (QED) is 0.791. The lowest BCUT2D eigenvalue weighted by molar-refractivity contribution is 0.390. The van der Waals surface area contributed by atoms with Gasteiger partial charge in [0.25, 0.3) is 0 Å². The molecule has 3 N–H and O–H groups in total. The summed E-state index contributed by atoms with van der Waals surface area (Å²) >= 11 is 0. The second-order valence-corrected chi connectivity index (χ2v) is 6.34. The standard InChI is InChI=1S/C15H18N2O4S/c1-20-13-7-6-11(15(9-13)21-2)10-17-22(18,19)14-5-3-4-12(16)8-14/h3-9,17H,10,16H2,1-2H3. The summed E-state index contributed by atoms with van der Waals surface area (Å²) in [6.07, 6.45) is 0. The molecule has 0 aliphatic carbocycles. The molecule has 0 amide bonds. The Labute approximate surface area is 129 Å². The van der Waals surface area contributed by atoms with Gasteiger partial charge in [0.1, 0.15) is 11.5 Å². The minimum atomic E-state index is -3.64. The van der Waals surface area contributed by atoms with Crippen molar-refractivity contribution in [3.05, 3.63) is 48.0 Å². The third kappa shape index (κ3) is 3.69. The first-order chi connectivity index (χ1) is 10.5. The van der Waals surface area contributed by atoms with Gasteiger partial charge in [-0.15, -0.1) is 0 Å². The summed E-state index contributed by atoms with van der Waals surface area (Å²) in [5, 5.41) is 0. The Morgan fingerprint density at radius 3 is 2.50 bits per heavy atom. The average Bonchev–Trinajstić information content (AvgIpc) is 2.52. The van der Waals surface area contributed by atoms with Crippen LogP contribution in [0.1, 0.15) is 5.56 Å². The first kappa shape index (κ1) is 16.1. The van der Waals surface area contributed by atoms with Gasteiger partial charge in [0.05, 0.1) is 19.1 Å². The molecule has 0 unspecified atom stereocenters. The smallest absolute Gasteiger partial charge is 0.240 e. The summed E-state index contributed by atoms with van der Waals surface area (Å²) < 4.78 is 37.4. The van der Waals surface area contributed by atoms with E-state index in [1.807, 2.05) is 0 Å². The van der Waals surface area contributed by atoms with Crippen molar-refractivity contribution in [2.45, 2.75) is 11.4 Å². The van der Waals surface area contributed by atoms with E-state index >= 15 is 0 Å². The maximum atomic E-state index is 12.2. The Hall–Kier alpha value is -2.25. The molecule has 0 fully saturated rings. The molecule has 2 rings (SSSR count). The van der Waals surface area contributed by atoms with Crippen LogP contribution in [0.5, 0.6) is 11.5 Å². The van der Waals surface area contributed by atoms with Crippen molar-refractivity contribution in [3.8, 4) is 11.5 Å². The zero-order chi connectivity index (χ0) is 16.2. The van der Waals surface area contributed by atoms with E-state index in [0.29, 0.717) is 22.7 Å². The molecule has 0 radical (unpaired) electrons. The zero-order valence-corrected chi connectivity index (χ0v) is 13.2. The van der Waals surface area contributed by atoms with Crippen LogP contribution < -0.4 is 19.9 Å². The molecule has 0 aliphatic rings. The van der Waals surface area contributed by atoms with Gasteiger partial charge < -0.3 is 15.2 Å². The van der Waals surface area contributed by atoms with Crippen LogP contribution in [-0.4, -0.2) is 22.6 Å². The van der Waals surface area contributed by atoms with E-state index in [1.165, 1.54) is 19.2 Å². The van der Waals surface area contributed by atoms with E-state index in [1.54, 1.807) is 37.4 Å². The number of nitrogen functional groups attached to an aromatic ring is 1. The number of hydrogen-bond acceptors (Lipinski definition) is 5. The zero-order valence-electron chi connectivity index (χ0n) is 12.4. The molecular formula is C15H18N2O4S. The van der Waals surface area contributed by atoms with Gasteiger partial charge in [-0.2, -0.15) is 0 Å². The van der Waals surface area contributed by atoms with E-state index in [-0.39, 0.29) is 11.4 Å². The van der Waals surface area contributed by atoms with Crippen LogP contribution in [0.4, 0.5) is 5.69 Å². The van der Waals surface area contributed by atoms with Gasteiger partial charge in [-0.05, 0) is 24.3 Å². The predicted molar refractivity (Wildman–Crippen MR) is 84.4 cm³/mol. The second kappa shape index (κ2) is 6.67. The Bertz CT molecular complexity index is 760. The first-order valence-electron chi connectivity index (χ1n) is 6.52. The normalized spacial score (nSPS) is 11.2. The third-order valence-corrected chi connectivity index (χ3v) is 4.51. The third-order valence-electron chi connectivity index (χ3n) is 3.12. The molecule has 0 aromatic heterocycles. The SMILES string of the molecule is COc1ccc(CNS(=O)(=O)c2cccc(N)c2)c(OC)c1. The van der Waals surface area contributed by atoms with E-state index < -0.39 is 10.0 Å². The fraction of sp³-hybridized carbons (Fsp3) is 0.200. The lowest BCUT2D eigenvalue weighted by Gasteiger charge is -2.12. The van der Waals surface area contributed by atoms with Crippen LogP contribution in [0.2, 0.25) is 0 Å². The Morgan fingerprint density at radius 2 is 1.86 bits per heavy atom. The van der Waals surface area contributed by atoms with E-state index in [0.717, 1.165) is 0 Å². The number of nitrogens with two attached hydrogens (primary N) is 1. The molecule has 0 bridgehead atoms. The molecule has 22 heavy (non-hydrogen) atoms. The monoisotopic (exact) mass is 322 g/mol. The van der Waals surface area contributed by atoms with Crippen LogP contribution in [0.25, 0.3) is 0 Å². The molecular weight excluding hydrogens is 304 g/mol. The van der Waals surface area contributed by atoms with Crippen LogP contribution in [0.3, 0.4) is 0 Å². The van der Waals surface area contributed by atoms with Crippen LogP contribution in [0.15, 0.2) is 47.4 Å². The molecule has 0 saturated heterocycles. The Kier molecular flexibility index (Phi) is 4.89. The van der Waals surface area contributed by atoms with Crippen LogP contribution in [0, 0.1) is 0 Å². The first-order valence-corrected chi connectivity index (χ1v) is 8.00. The fourth-order valence-electron chi connectivity index (χ4n) is 1.94. The lowest BCUT2D eigenvalue weighted by atomic mass is 10.2. The summed E-state index contributed by atoms with van der Waals surface area (Å²) in [5.74, 6) is 1.19. The molecule has 7 heteroatoms. The van der Waals surface area contributed by atoms with Gasteiger partial charge in [-0.25, -0.2) is 13.1 Å². The number of sulfonamides is 1. The number of hydrogen-bond donors (Lipinski definition) is 2. The summed E-state index contributed by atoms with van der Waals surface area (Å²) in [4.78, 5) is 0.125. The van der Waals surface area contributed by atoms with Gasteiger partial charge >= 0.3 is 0 Å². The van der Waals surface area contributed by atoms with Crippen molar-refractivity contribution in [2.75, 3.05) is 20.0 Å². The van der Waals surface area contributed by atoms with Crippen molar-refractivity contribution in [1.82, 2.24) is 4.72 Å². The highest BCUT2D eigenvalue weighted by molar-refractivity contribution is 7.89. The van der Waals surface area contributed by atoms with Crippen LogP contribution in [-0.2, 0) is 16.6 Å². The number of anilines is 1. The van der Waals surface area contributed by atoms with Crippen molar-refractivity contribution < 1.29 is 17.9 Å². The number of ether oxygens (including phenoxy) is 2. The van der Waals surface area contributed by atoms with Gasteiger partial charge in [0.2, 0.25) is 10.0 Å². The maximum Gasteiger partial charge on any atom is 0.240 e. The molecule has 0 heterocycles. The number of benzene rings is 2. The molecule has 0 spiro atoms. The van der Waals surface area contributed by atoms with E-state index in [9.17, 15) is 8.42 Å². The summed E-state index contributed by atoms with van der Waals surface area (Å²) in [5.41, 5.74) is 6.71. The molecule has 0 saturated carbocycles. The van der Waals surface area contributed by atoms with Crippen molar-refractivity contribution in [1.29, 1.82) is 0 Å². The van der Waals surface area contributed by atoms with Crippen molar-refractivity contribution in [2.24, 2.45) is 0 Å². The lowest BCUT2D eigenvalue weighted by Crippen LogP contribution is -2.23. The highest BCUT2D eigenvalue weighted by atomic mass is 32.2. The molecule has 2 aromatic carbocycles. The van der Waals surface area contributed by atoms with Gasteiger partial charge in [-0.1, -0.05) is 12.1 Å². The fourth-order valence-corrected chi connectivity index (χ4v) is 3.00.